The van der Waals surface area contributed by atoms with Crippen LogP contribution in [-0.2, 0) is 4.79 Å². The third-order valence-corrected chi connectivity index (χ3v) is 0.529. The molecule has 0 radical (unpaired) electrons. The first kappa shape index (κ1) is 11.1. The Balaban J connectivity index is 0. The van der Waals surface area contributed by atoms with Gasteiger partial charge in [-0.25, -0.2) is 0 Å². The molecule has 0 unspecified atom stereocenters. The summed E-state index contributed by atoms with van der Waals surface area (Å²) >= 11 is 0. The SMILES string of the molecule is [Ba+2].[CH2-]CCC[C-]=O. The monoisotopic (exact) mass is 222 g/mol. The molecule has 0 aromatic heterocycles. The van der Waals surface area contributed by atoms with E-state index in [1.54, 1.807) is 6.29 Å². The van der Waals surface area contributed by atoms with Gasteiger partial charge in [0.1, 0.15) is 0 Å². The number of unbranched alkanes of at least 4 members (excludes halogenated alkanes) is 2. The van der Waals surface area contributed by atoms with E-state index in [2.05, 4.69) is 6.92 Å². The normalized spacial score (nSPS) is 7.00. The Bertz CT molecular complexity index is 37.1. The van der Waals surface area contributed by atoms with E-state index in [-0.39, 0.29) is 48.9 Å². The predicted octanol–water partition coefficient (Wildman–Crippen LogP) is 0.720. The minimum atomic E-state index is 0. The van der Waals surface area contributed by atoms with Crippen LogP contribution in [0.25, 0.3) is 0 Å². The summed E-state index contributed by atoms with van der Waals surface area (Å²) in [4.78, 5) is 9.41. The van der Waals surface area contributed by atoms with Crippen molar-refractivity contribution in [2.24, 2.45) is 0 Å². The van der Waals surface area contributed by atoms with Crippen molar-refractivity contribution >= 4 is 55.2 Å². The van der Waals surface area contributed by atoms with Crippen LogP contribution in [0.3, 0.4) is 0 Å². The third-order valence-electron chi connectivity index (χ3n) is 0.529. The van der Waals surface area contributed by atoms with Gasteiger partial charge in [-0.1, -0.05) is 0 Å². The van der Waals surface area contributed by atoms with Crippen molar-refractivity contribution in [1.82, 2.24) is 0 Å². The summed E-state index contributed by atoms with van der Waals surface area (Å²) < 4.78 is 0. The first-order valence-electron chi connectivity index (χ1n) is 2.06. The summed E-state index contributed by atoms with van der Waals surface area (Å²) in [5.74, 6) is 0. The Labute approximate surface area is 84.9 Å². The maximum atomic E-state index is 9.41. The van der Waals surface area contributed by atoms with Crippen LogP contribution in [0.5, 0.6) is 0 Å². The Morgan fingerprint density at radius 1 is 1.57 bits per heavy atom. The standard InChI is InChI=1S/C5H8O.Ba/c1-2-3-4-5-6;/h1-4H2;/q-2;+2. The van der Waals surface area contributed by atoms with E-state index < -0.39 is 0 Å². The van der Waals surface area contributed by atoms with Crippen LogP contribution >= 0.6 is 0 Å². The molecular weight excluding hydrogens is 213 g/mol. The van der Waals surface area contributed by atoms with Gasteiger partial charge in [0, 0.05) is 0 Å². The van der Waals surface area contributed by atoms with E-state index in [0.29, 0.717) is 6.42 Å². The molecule has 0 N–H and O–H groups in total. The number of hydrogen-bond acceptors (Lipinski definition) is 1. The van der Waals surface area contributed by atoms with E-state index in [1.165, 1.54) is 0 Å². The van der Waals surface area contributed by atoms with Gasteiger partial charge in [-0.15, -0.1) is 6.42 Å². The topological polar surface area (TPSA) is 17.1 Å². The van der Waals surface area contributed by atoms with Crippen molar-refractivity contribution in [2.75, 3.05) is 0 Å². The molecule has 0 aliphatic rings. The van der Waals surface area contributed by atoms with Gasteiger partial charge in [0.2, 0.25) is 0 Å². The van der Waals surface area contributed by atoms with E-state index in [0.717, 1.165) is 12.8 Å². The fourth-order valence-corrected chi connectivity index (χ4v) is 0.197. The molecule has 0 atom stereocenters. The zero-order valence-electron chi connectivity index (χ0n) is 4.44. The molecule has 0 aromatic rings. The molecule has 36 valence electrons. The van der Waals surface area contributed by atoms with Gasteiger partial charge in [-0.3, -0.25) is 6.29 Å². The molecule has 0 rings (SSSR count). The molecule has 2 heteroatoms. The maximum absolute atomic E-state index is 9.41. The summed E-state index contributed by atoms with van der Waals surface area (Å²) in [7, 11) is 0. The maximum Gasteiger partial charge on any atom is 2.00 e. The van der Waals surface area contributed by atoms with Crippen LogP contribution in [0.15, 0.2) is 0 Å². The van der Waals surface area contributed by atoms with Crippen molar-refractivity contribution in [3.05, 3.63) is 6.92 Å². The van der Waals surface area contributed by atoms with Crippen LogP contribution in [0.4, 0.5) is 0 Å². The van der Waals surface area contributed by atoms with Gasteiger partial charge in [0.05, 0.1) is 0 Å². The van der Waals surface area contributed by atoms with Crippen LogP contribution < -0.4 is 0 Å². The molecule has 0 aliphatic heterocycles. The van der Waals surface area contributed by atoms with E-state index >= 15 is 0 Å². The summed E-state index contributed by atoms with van der Waals surface area (Å²) in [5.41, 5.74) is 0. The summed E-state index contributed by atoms with van der Waals surface area (Å²) in [6.45, 7) is 3.54. The molecule has 0 aromatic carbocycles. The molecule has 0 fully saturated rings. The Kier molecular flexibility index (Phi) is 16.3. The molecule has 7 heavy (non-hydrogen) atoms. The fraction of sp³-hybridized carbons (Fsp3) is 0.600. The Morgan fingerprint density at radius 3 is 2.29 bits per heavy atom. The van der Waals surface area contributed by atoms with Crippen LogP contribution in [0.1, 0.15) is 19.3 Å². The van der Waals surface area contributed by atoms with E-state index in [1.807, 2.05) is 0 Å². The van der Waals surface area contributed by atoms with Gasteiger partial charge in [0.15, 0.2) is 0 Å². The van der Waals surface area contributed by atoms with E-state index in [9.17, 15) is 4.79 Å². The molecule has 0 spiro atoms. The Morgan fingerprint density at radius 2 is 2.14 bits per heavy atom. The molecule has 0 bridgehead atoms. The zero-order valence-corrected chi connectivity index (χ0v) is 8.88. The molecule has 0 amide bonds. The molecule has 1 nitrogen and oxygen atoms in total. The average Bonchev–Trinajstić information content (AvgIpc) is 1.61. The third kappa shape index (κ3) is 11.1. The van der Waals surface area contributed by atoms with E-state index in [4.69, 9.17) is 0 Å². The van der Waals surface area contributed by atoms with Gasteiger partial charge in [0.25, 0.3) is 0 Å². The van der Waals surface area contributed by atoms with Crippen LogP contribution in [0, 0.1) is 6.92 Å². The predicted molar refractivity (Wildman–Crippen MR) is 30.7 cm³/mol. The molecule has 0 heterocycles. The fourth-order valence-electron chi connectivity index (χ4n) is 0.197. The second kappa shape index (κ2) is 10.3. The zero-order chi connectivity index (χ0) is 4.83. The molecule has 0 saturated carbocycles. The average molecular weight is 221 g/mol. The second-order valence-electron chi connectivity index (χ2n) is 1.10. The molecule has 0 aliphatic carbocycles. The molecule has 0 saturated heterocycles. The van der Waals surface area contributed by atoms with Crippen molar-refractivity contribution in [2.45, 2.75) is 19.3 Å². The van der Waals surface area contributed by atoms with Crippen molar-refractivity contribution < 1.29 is 4.79 Å². The quantitative estimate of drug-likeness (QED) is 0.390. The smallest absolute Gasteiger partial charge is 0.542 e. The van der Waals surface area contributed by atoms with Crippen LogP contribution in [-0.4, -0.2) is 55.2 Å². The summed E-state index contributed by atoms with van der Waals surface area (Å²) in [6, 6.07) is 0. The number of carbonyl (C=O) groups excluding carboxylic acids is 1. The van der Waals surface area contributed by atoms with Crippen molar-refractivity contribution in [3.8, 4) is 0 Å². The van der Waals surface area contributed by atoms with Crippen molar-refractivity contribution in [3.63, 3.8) is 0 Å². The summed E-state index contributed by atoms with van der Waals surface area (Å²) in [6.07, 6.45) is 4.04. The number of rotatable bonds is 3. The number of hydrogen-bond donors (Lipinski definition) is 0. The van der Waals surface area contributed by atoms with Crippen molar-refractivity contribution in [1.29, 1.82) is 0 Å². The first-order valence-corrected chi connectivity index (χ1v) is 2.06. The molecular formula is C5H8BaO. The van der Waals surface area contributed by atoms with Gasteiger partial charge < -0.3 is 11.7 Å². The van der Waals surface area contributed by atoms with Gasteiger partial charge in [-0.2, -0.15) is 12.8 Å². The summed E-state index contributed by atoms with van der Waals surface area (Å²) in [5, 5.41) is 0. The van der Waals surface area contributed by atoms with Crippen LogP contribution in [0.2, 0.25) is 0 Å². The second-order valence-corrected chi connectivity index (χ2v) is 1.10. The van der Waals surface area contributed by atoms with Gasteiger partial charge in [-0.05, 0) is 0 Å². The minimum Gasteiger partial charge on any atom is -0.542 e. The van der Waals surface area contributed by atoms with Gasteiger partial charge >= 0.3 is 48.9 Å². The Hall–Kier alpha value is 1.24. The minimum absolute atomic E-state index is 0. The first-order chi connectivity index (χ1) is 2.91. The largest absolute Gasteiger partial charge is 2.00 e.